The molecule has 0 amide bonds. The number of nitrogens with one attached hydrogen (secondary N) is 1. The Labute approximate surface area is 95.4 Å². The van der Waals surface area contributed by atoms with Crippen molar-refractivity contribution in [3.05, 3.63) is 0 Å². The molecular formula is C13H28N2. The van der Waals surface area contributed by atoms with Gasteiger partial charge in [-0.2, -0.15) is 0 Å². The van der Waals surface area contributed by atoms with Crippen molar-refractivity contribution in [3.8, 4) is 0 Å². The van der Waals surface area contributed by atoms with E-state index in [1.54, 1.807) is 0 Å². The summed E-state index contributed by atoms with van der Waals surface area (Å²) < 4.78 is 0. The highest BCUT2D eigenvalue weighted by atomic mass is 15.2. The third kappa shape index (κ3) is 4.98. The van der Waals surface area contributed by atoms with Crippen LogP contribution in [0.5, 0.6) is 0 Å². The topological polar surface area (TPSA) is 15.3 Å². The minimum absolute atomic E-state index is 0.423. The molecule has 1 unspecified atom stereocenters. The van der Waals surface area contributed by atoms with Crippen LogP contribution in [0.3, 0.4) is 0 Å². The van der Waals surface area contributed by atoms with Crippen molar-refractivity contribution in [3.63, 3.8) is 0 Å². The van der Waals surface area contributed by atoms with Gasteiger partial charge in [-0.15, -0.1) is 0 Å². The predicted molar refractivity (Wildman–Crippen MR) is 67.2 cm³/mol. The molecule has 1 N–H and O–H groups in total. The third-order valence-corrected chi connectivity index (χ3v) is 2.98. The van der Waals surface area contributed by atoms with E-state index in [9.17, 15) is 0 Å². The second-order valence-electron chi connectivity index (χ2n) is 6.03. The van der Waals surface area contributed by atoms with E-state index in [4.69, 9.17) is 0 Å². The SMILES string of the molecule is CCCN(CC(C)(C)C)C1CCCNC1. The summed E-state index contributed by atoms with van der Waals surface area (Å²) in [6.07, 6.45) is 3.99. The lowest BCUT2D eigenvalue weighted by Crippen LogP contribution is -2.48. The van der Waals surface area contributed by atoms with E-state index in [2.05, 4.69) is 37.9 Å². The van der Waals surface area contributed by atoms with Gasteiger partial charge < -0.3 is 5.32 Å². The van der Waals surface area contributed by atoms with Crippen molar-refractivity contribution in [2.45, 2.75) is 53.0 Å². The first-order valence-electron chi connectivity index (χ1n) is 6.47. The molecule has 0 bridgehead atoms. The van der Waals surface area contributed by atoms with Crippen LogP contribution in [-0.2, 0) is 0 Å². The van der Waals surface area contributed by atoms with Crippen molar-refractivity contribution in [2.75, 3.05) is 26.2 Å². The molecule has 1 rings (SSSR count). The van der Waals surface area contributed by atoms with Crippen LogP contribution in [-0.4, -0.2) is 37.1 Å². The van der Waals surface area contributed by atoms with Crippen LogP contribution in [0.25, 0.3) is 0 Å². The lowest BCUT2D eigenvalue weighted by atomic mass is 9.94. The zero-order valence-electron chi connectivity index (χ0n) is 11.0. The fraction of sp³-hybridized carbons (Fsp3) is 1.00. The monoisotopic (exact) mass is 212 g/mol. The summed E-state index contributed by atoms with van der Waals surface area (Å²) in [5.74, 6) is 0. The quantitative estimate of drug-likeness (QED) is 0.770. The molecule has 2 heteroatoms. The zero-order valence-corrected chi connectivity index (χ0v) is 11.0. The van der Waals surface area contributed by atoms with Gasteiger partial charge in [-0.05, 0) is 37.8 Å². The summed E-state index contributed by atoms with van der Waals surface area (Å²) in [6.45, 7) is 14.2. The van der Waals surface area contributed by atoms with Gasteiger partial charge in [-0.25, -0.2) is 0 Å². The van der Waals surface area contributed by atoms with E-state index in [0.717, 1.165) is 6.04 Å². The smallest absolute Gasteiger partial charge is 0.0221 e. The molecule has 1 aliphatic heterocycles. The van der Waals surface area contributed by atoms with E-state index >= 15 is 0 Å². The van der Waals surface area contributed by atoms with E-state index in [1.165, 1.54) is 45.4 Å². The molecule has 0 spiro atoms. The van der Waals surface area contributed by atoms with Crippen LogP contribution in [0.1, 0.15) is 47.0 Å². The fourth-order valence-corrected chi connectivity index (χ4v) is 2.43. The fourth-order valence-electron chi connectivity index (χ4n) is 2.43. The van der Waals surface area contributed by atoms with Gasteiger partial charge in [0.1, 0.15) is 0 Å². The lowest BCUT2D eigenvalue weighted by molar-refractivity contribution is 0.118. The van der Waals surface area contributed by atoms with Crippen LogP contribution in [0, 0.1) is 5.41 Å². The van der Waals surface area contributed by atoms with Crippen molar-refractivity contribution < 1.29 is 0 Å². The average molecular weight is 212 g/mol. The molecule has 1 aliphatic rings. The van der Waals surface area contributed by atoms with Gasteiger partial charge in [0.05, 0.1) is 0 Å². The highest BCUT2D eigenvalue weighted by molar-refractivity contribution is 4.81. The van der Waals surface area contributed by atoms with Crippen molar-refractivity contribution in [2.24, 2.45) is 5.41 Å². The standard InChI is InChI=1S/C13H28N2/c1-5-9-15(11-13(2,3)4)12-7-6-8-14-10-12/h12,14H,5-11H2,1-4H3. The van der Waals surface area contributed by atoms with Gasteiger partial charge >= 0.3 is 0 Å². The van der Waals surface area contributed by atoms with Crippen LogP contribution in [0.15, 0.2) is 0 Å². The van der Waals surface area contributed by atoms with Gasteiger partial charge in [0.15, 0.2) is 0 Å². The Hall–Kier alpha value is -0.0800. The summed E-state index contributed by atoms with van der Waals surface area (Å²) in [5.41, 5.74) is 0.423. The Morgan fingerprint density at radius 3 is 2.53 bits per heavy atom. The lowest BCUT2D eigenvalue weighted by Gasteiger charge is -2.38. The number of hydrogen-bond donors (Lipinski definition) is 1. The largest absolute Gasteiger partial charge is 0.315 e. The number of hydrogen-bond acceptors (Lipinski definition) is 2. The summed E-state index contributed by atoms with van der Waals surface area (Å²) in [4.78, 5) is 2.69. The van der Waals surface area contributed by atoms with Gasteiger partial charge in [0, 0.05) is 19.1 Å². The molecule has 1 heterocycles. The number of piperidine rings is 1. The van der Waals surface area contributed by atoms with Crippen LogP contribution >= 0.6 is 0 Å². The van der Waals surface area contributed by atoms with E-state index in [0.29, 0.717) is 5.41 Å². The van der Waals surface area contributed by atoms with Gasteiger partial charge in [0.25, 0.3) is 0 Å². The Balaban J connectivity index is 2.47. The molecule has 90 valence electrons. The Morgan fingerprint density at radius 1 is 1.33 bits per heavy atom. The van der Waals surface area contributed by atoms with Crippen molar-refractivity contribution >= 4 is 0 Å². The van der Waals surface area contributed by atoms with E-state index in [-0.39, 0.29) is 0 Å². The van der Waals surface area contributed by atoms with Gasteiger partial charge in [-0.1, -0.05) is 27.7 Å². The van der Waals surface area contributed by atoms with Crippen LogP contribution in [0.4, 0.5) is 0 Å². The molecule has 1 atom stereocenters. The second-order valence-corrected chi connectivity index (χ2v) is 6.03. The zero-order chi connectivity index (χ0) is 11.3. The van der Waals surface area contributed by atoms with Gasteiger partial charge in [-0.3, -0.25) is 4.90 Å². The normalized spacial score (nSPS) is 23.4. The summed E-state index contributed by atoms with van der Waals surface area (Å²) >= 11 is 0. The van der Waals surface area contributed by atoms with Crippen LogP contribution < -0.4 is 5.32 Å². The summed E-state index contributed by atoms with van der Waals surface area (Å²) in [7, 11) is 0. The molecule has 0 aromatic carbocycles. The third-order valence-electron chi connectivity index (χ3n) is 2.98. The molecular weight excluding hydrogens is 184 g/mol. The Kier molecular flexibility index (Phi) is 5.07. The maximum absolute atomic E-state index is 3.52. The predicted octanol–water partition coefficient (Wildman–Crippen LogP) is 2.50. The molecule has 1 saturated heterocycles. The molecule has 0 aromatic heterocycles. The molecule has 0 saturated carbocycles. The highest BCUT2D eigenvalue weighted by Crippen LogP contribution is 2.19. The molecule has 2 nitrogen and oxygen atoms in total. The van der Waals surface area contributed by atoms with Crippen LogP contribution in [0.2, 0.25) is 0 Å². The molecule has 0 aromatic rings. The first kappa shape index (κ1) is 13.0. The maximum atomic E-state index is 3.52. The average Bonchev–Trinajstić information content (AvgIpc) is 2.17. The summed E-state index contributed by atoms with van der Waals surface area (Å²) in [5, 5.41) is 3.52. The summed E-state index contributed by atoms with van der Waals surface area (Å²) in [6, 6.07) is 0.776. The van der Waals surface area contributed by atoms with Crippen molar-refractivity contribution in [1.29, 1.82) is 0 Å². The van der Waals surface area contributed by atoms with E-state index < -0.39 is 0 Å². The number of nitrogens with zero attached hydrogens (tertiary/aromatic N) is 1. The molecule has 0 aliphatic carbocycles. The minimum atomic E-state index is 0.423. The van der Waals surface area contributed by atoms with Gasteiger partial charge in [0.2, 0.25) is 0 Å². The molecule has 1 fully saturated rings. The maximum Gasteiger partial charge on any atom is 0.0221 e. The Bertz CT molecular complexity index is 166. The Morgan fingerprint density at radius 2 is 2.07 bits per heavy atom. The highest BCUT2D eigenvalue weighted by Gasteiger charge is 2.24. The van der Waals surface area contributed by atoms with Crippen molar-refractivity contribution in [1.82, 2.24) is 10.2 Å². The molecule has 15 heavy (non-hydrogen) atoms. The first-order valence-corrected chi connectivity index (χ1v) is 6.47. The number of rotatable bonds is 4. The second kappa shape index (κ2) is 5.86. The van der Waals surface area contributed by atoms with E-state index in [1.807, 2.05) is 0 Å². The first-order chi connectivity index (χ1) is 7.03. The molecule has 0 radical (unpaired) electrons. The minimum Gasteiger partial charge on any atom is -0.315 e.